The second kappa shape index (κ2) is 6.19. The van der Waals surface area contributed by atoms with Crippen LogP contribution in [0.2, 0.25) is 0 Å². The van der Waals surface area contributed by atoms with Gasteiger partial charge < -0.3 is 0 Å². The van der Waals surface area contributed by atoms with Gasteiger partial charge in [0.25, 0.3) is 11.3 Å². The molecule has 0 heterocycles. The lowest BCUT2D eigenvalue weighted by molar-refractivity contribution is -0.0713. The van der Waals surface area contributed by atoms with E-state index in [2.05, 4.69) is 4.94 Å². The second-order valence-electron chi connectivity index (χ2n) is 2.91. The third-order valence-corrected chi connectivity index (χ3v) is 2.61. The Balaban J connectivity index is 2.57. The van der Waals surface area contributed by atoms with Crippen molar-refractivity contribution in [1.29, 1.82) is 0 Å². The minimum Gasteiger partial charge on any atom is -0.289 e. The molecule has 1 atom stereocenters. The topological polar surface area (TPSA) is 66.8 Å². The normalized spacial score (nSPS) is 11.9. The molecular formula is C9H10FNO4S. The fraction of sp³-hybridized carbons (Fsp3) is 0.222. The molecule has 0 aliphatic carbocycles. The molecule has 1 aromatic carbocycles. The van der Waals surface area contributed by atoms with Crippen molar-refractivity contribution in [2.45, 2.75) is 6.42 Å². The molecule has 0 bridgehead atoms. The number of carbonyl (C=O) groups is 1. The third kappa shape index (κ3) is 3.59. The maximum atomic E-state index is 11.6. The average molecular weight is 247 g/mol. The molecule has 1 amide bonds. The molecule has 1 N–H and O–H groups in total. The van der Waals surface area contributed by atoms with Crippen LogP contribution < -0.4 is 0 Å². The van der Waals surface area contributed by atoms with Crippen molar-refractivity contribution >= 4 is 17.4 Å². The van der Waals surface area contributed by atoms with Crippen LogP contribution in [-0.2, 0) is 22.6 Å². The molecular weight excluding hydrogens is 237 g/mol. The van der Waals surface area contributed by atoms with Gasteiger partial charge in [-0.1, -0.05) is 30.3 Å². The summed E-state index contributed by atoms with van der Waals surface area (Å²) in [7, 11) is 0. The lowest BCUT2D eigenvalue weighted by Gasteiger charge is -2.13. The van der Waals surface area contributed by atoms with Crippen molar-refractivity contribution in [2.75, 3.05) is 6.54 Å². The van der Waals surface area contributed by atoms with Gasteiger partial charge in [-0.15, -0.1) is 0 Å². The number of nitrogens with zero attached hydrogens (tertiary/aromatic N) is 1. The molecule has 0 spiro atoms. The Morgan fingerprint density at radius 2 is 2.06 bits per heavy atom. The molecule has 0 saturated carbocycles. The molecule has 0 saturated heterocycles. The molecule has 0 aromatic heterocycles. The van der Waals surface area contributed by atoms with E-state index in [-0.39, 0.29) is 6.54 Å². The summed E-state index contributed by atoms with van der Waals surface area (Å²) in [5.41, 5.74) is 0.865. The molecule has 0 aliphatic rings. The van der Waals surface area contributed by atoms with Gasteiger partial charge >= 0.3 is 6.09 Å². The summed E-state index contributed by atoms with van der Waals surface area (Å²) >= 11 is -2.59. The van der Waals surface area contributed by atoms with Gasteiger partial charge in [-0.25, -0.2) is 18.3 Å². The average Bonchev–Trinajstić information content (AvgIpc) is 2.30. The third-order valence-electron chi connectivity index (χ3n) is 1.90. The molecule has 5 nitrogen and oxygen atoms in total. The molecule has 16 heavy (non-hydrogen) atoms. The van der Waals surface area contributed by atoms with Crippen molar-refractivity contribution in [3.05, 3.63) is 35.9 Å². The first-order chi connectivity index (χ1) is 7.65. The van der Waals surface area contributed by atoms with Crippen LogP contribution in [0.25, 0.3) is 0 Å². The number of hydrogen-bond acceptors (Lipinski definition) is 3. The maximum absolute atomic E-state index is 11.6. The second-order valence-corrected chi connectivity index (χ2v) is 3.81. The van der Waals surface area contributed by atoms with Crippen molar-refractivity contribution in [1.82, 2.24) is 4.31 Å². The lowest BCUT2D eigenvalue weighted by Crippen LogP contribution is -2.33. The van der Waals surface area contributed by atoms with Gasteiger partial charge in [-0.3, -0.25) is 4.55 Å². The fourth-order valence-corrected chi connectivity index (χ4v) is 1.55. The van der Waals surface area contributed by atoms with Gasteiger partial charge in [0.2, 0.25) is 0 Å². The summed E-state index contributed by atoms with van der Waals surface area (Å²) < 4.78 is 31.4. The van der Waals surface area contributed by atoms with Gasteiger partial charge in [-0.2, -0.15) is 0 Å². The van der Waals surface area contributed by atoms with E-state index in [1.807, 2.05) is 6.07 Å². The minimum absolute atomic E-state index is 0.101. The van der Waals surface area contributed by atoms with Crippen LogP contribution >= 0.6 is 0 Å². The van der Waals surface area contributed by atoms with Crippen molar-refractivity contribution in [2.24, 2.45) is 0 Å². The van der Waals surface area contributed by atoms with Crippen LogP contribution in [0, 0.1) is 0 Å². The molecule has 1 unspecified atom stereocenters. The molecule has 7 heteroatoms. The Kier molecular flexibility index (Phi) is 4.87. The number of amides is 1. The highest BCUT2D eigenvalue weighted by atomic mass is 32.2. The standard InChI is InChI=1S/C9H10FNO4S/c10-15-9(12)11(16(13)14)7-6-8-4-2-1-3-5-8/h1-5H,6-7H2,(H,13,14). The van der Waals surface area contributed by atoms with Gasteiger partial charge in [-0.05, 0) is 12.0 Å². The summed E-state index contributed by atoms with van der Waals surface area (Å²) in [6.07, 6.45) is -1.14. The molecule has 1 rings (SSSR count). The summed E-state index contributed by atoms with van der Waals surface area (Å²) in [4.78, 5) is 13.6. The van der Waals surface area contributed by atoms with Gasteiger partial charge in [0.15, 0.2) is 0 Å². The van der Waals surface area contributed by atoms with Crippen LogP contribution in [0.15, 0.2) is 30.3 Å². The predicted molar refractivity (Wildman–Crippen MR) is 55.2 cm³/mol. The van der Waals surface area contributed by atoms with E-state index in [0.29, 0.717) is 10.7 Å². The Morgan fingerprint density at radius 3 is 2.56 bits per heavy atom. The smallest absolute Gasteiger partial charge is 0.289 e. The van der Waals surface area contributed by atoms with Crippen LogP contribution in [0.3, 0.4) is 0 Å². The first-order valence-electron chi connectivity index (χ1n) is 4.40. The number of carbonyl (C=O) groups excluding carboxylic acids is 1. The monoisotopic (exact) mass is 247 g/mol. The molecule has 0 aliphatic heterocycles. The van der Waals surface area contributed by atoms with Crippen LogP contribution in [-0.4, -0.2) is 25.7 Å². The fourth-order valence-electron chi connectivity index (χ4n) is 1.15. The highest BCUT2D eigenvalue weighted by molar-refractivity contribution is 7.77. The van der Waals surface area contributed by atoms with E-state index in [1.54, 1.807) is 24.3 Å². The zero-order valence-electron chi connectivity index (χ0n) is 8.21. The highest BCUT2D eigenvalue weighted by Crippen LogP contribution is 2.04. The van der Waals surface area contributed by atoms with Crippen molar-refractivity contribution in [3.63, 3.8) is 0 Å². The number of rotatable bonds is 4. The Hall–Kier alpha value is -1.47. The Morgan fingerprint density at radius 1 is 1.44 bits per heavy atom. The maximum Gasteiger partial charge on any atom is 0.460 e. The predicted octanol–water partition coefficient (Wildman–Crippen LogP) is 1.69. The van der Waals surface area contributed by atoms with Crippen molar-refractivity contribution in [3.8, 4) is 0 Å². The van der Waals surface area contributed by atoms with Gasteiger partial charge in [0, 0.05) is 11.1 Å². The molecule has 0 radical (unpaired) electrons. The minimum atomic E-state index is -2.59. The highest BCUT2D eigenvalue weighted by Gasteiger charge is 2.20. The summed E-state index contributed by atoms with van der Waals surface area (Å²) in [6, 6.07) is 8.99. The van der Waals surface area contributed by atoms with Gasteiger partial charge in [0.05, 0.1) is 0 Å². The number of benzene rings is 1. The number of halogens is 1. The van der Waals surface area contributed by atoms with Crippen molar-refractivity contribution < 1.29 is 23.0 Å². The molecule has 0 fully saturated rings. The summed E-state index contributed by atoms with van der Waals surface area (Å²) in [5, 5.41) is 0. The lowest BCUT2D eigenvalue weighted by atomic mass is 10.1. The SMILES string of the molecule is O=C(OF)N(CCc1ccccc1)S(=O)O. The van der Waals surface area contributed by atoms with Gasteiger partial charge in [0.1, 0.15) is 0 Å². The molecule has 88 valence electrons. The van der Waals surface area contributed by atoms with E-state index in [1.165, 1.54) is 0 Å². The van der Waals surface area contributed by atoms with Crippen LogP contribution in [0.1, 0.15) is 5.56 Å². The van der Waals surface area contributed by atoms with Crippen LogP contribution in [0.5, 0.6) is 0 Å². The Bertz CT molecular complexity index is 373. The number of hydrogen-bond donors (Lipinski definition) is 1. The van der Waals surface area contributed by atoms with Crippen LogP contribution in [0.4, 0.5) is 9.32 Å². The quantitative estimate of drug-likeness (QED) is 0.822. The summed E-state index contributed by atoms with van der Waals surface area (Å²) in [5.74, 6) is 0. The first kappa shape index (κ1) is 12.6. The Labute approximate surface area is 94.1 Å². The van der Waals surface area contributed by atoms with E-state index in [9.17, 15) is 13.5 Å². The largest absolute Gasteiger partial charge is 0.460 e. The zero-order chi connectivity index (χ0) is 12.0. The summed E-state index contributed by atoms with van der Waals surface area (Å²) in [6.45, 7) is -0.101. The van der Waals surface area contributed by atoms with E-state index < -0.39 is 17.4 Å². The molecule has 1 aromatic rings. The first-order valence-corrected chi connectivity index (χ1v) is 5.46. The van der Waals surface area contributed by atoms with E-state index >= 15 is 0 Å². The van der Waals surface area contributed by atoms with E-state index in [0.717, 1.165) is 5.56 Å². The zero-order valence-corrected chi connectivity index (χ0v) is 9.02. The van der Waals surface area contributed by atoms with E-state index in [4.69, 9.17) is 4.55 Å².